The number of rotatable bonds is 2. The summed E-state index contributed by atoms with van der Waals surface area (Å²) in [5.41, 5.74) is 0.919. The molecule has 0 radical (unpaired) electrons. The molecule has 92 valence electrons. The number of aromatic nitrogens is 1. The Kier molecular flexibility index (Phi) is 4.07. The Morgan fingerprint density at radius 3 is 2.28 bits per heavy atom. The van der Waals surface area contributed by atoms with Gasteiger partial charge in [0.25, 0.3) is 5.91 Å². The van der Waals surface area contributed by atoms with Crippen LogP contribution in [0.15, 0.2) is 36.5 Å². The summed E-state index contributed by atoms with van der Waals surface area (Å²) < 4.78 is 0. The molecule has 0 spiro atoms. The van der Waals surface area contributed by atoms with E-state index < -0.39 is 0 Å². The average molecular weight is 302 g/mol. The number of amides is 1. The van der Waals surface area contributed by atoms with Crippen molar-refractivity contribution in [1.82, 2.24) is 4.98 Å². The molecule has 1 heterocycles. The number of pyridine rings is 1. The maximum atomic E-state index is 11.9. The Hall–Kier alpha value is -1.29. The van der Waals surface area contributed by atoms with Gasteiger partial charge in [-0.05, 0) is 30.3 Å². The first-order chi connectivity index (χ1) is 8.54. The van der Waals surface area contributed by atoms with E-state index in [4.69, 9.17) is 34.8 Å². The van der Waals surface area contributed by atoms with E-state index in [0.29, 0.717) is 26.4 Å². The van der Waals surface area contributed by atoms with Crippen molar-refractivity contribution in [2.75, 3.05) is 5.32 Å². The zero-order valence-corrected chi connectivity index (χ0v) is 11.2. The van der Waals surface area contributed by atoms with Crippen LogP contribution in [0.4, 0.5) is 5.69 Å². The highest BCUT2D eigenvalue weighted by atomic mass is 35.5. The molecule has 0 fully saturated rings. The summed E-state index contributed by atoms with van der Waals surface area (Å²) in [6.07, 6.45) is 1.46. The molecule has 1 N–H and O–H groups in total. The van der Waals surface area contributed by atoms with Crippen molar-refractivity contribution >= 4 is 46.4 Å². The summed E-state index contributed by atoms with van der Waals surface area (Å²) in [4.78, 5) is 15.8. The van der Waals surface area contributed by atoms with Crippen LogP contribution < -0.4 is 5.32 Å². The van der Waals surface area contributed by atoms with Gasteiger partial charge in [-0.15, -0.1) is 0 Å². The predicted molar refractivity (Wildman–Crippen MR) is 73.7 cm³/mol. The molecule has 2 rings (SSSR count). The van der Waals surface area contributed by atoms with Crippen LogP contribution in [0, 0.1) is 0 Å². The fourth-order valence-corrected chi connectivity index (χ4v) is 1.98. The fourth-order valence-electron chi connectivity index (χ4n) is 1.34. The molecule has 1 amide bonds. The van der Waals surface area contributed by atoms with Gasteiger partial charge >= 0.3 is 0 Å². The Bertz CT molecular complexity index is 564. The van der Waals surface area contributed by atoms with Gasteiger partial charge in [0.2, 0.25) is 0 Å². The minimum absolute atomic E-state index is 0.316. The zero-order valence-electron chi connectivity index (χ0n) is 8.95. The van der Waals surface area contributed by atoms with Crippen LogP contribution in [0.5, 0.6) is 0 Å². The van der Waals surface area contributed by atoms with Gasteiger partial charge in [-0.2, -0.15) is 0 Å². The van der Waals surface area contributed by atoms with E-state index in [1.54, 1.807) is 18.2 Å². The quantitative estimate of drug-likeness (QED) is 0.841. The van der Waals surface area contributed by atoms with Crippen LogP contribution in [0.2, 0.25) is 15.2 Å². The van der Waals surface area contributed by atoms with E-state index in [1.807, 2.05) is 0 Å². The van der Waals surface area contributed by atoms with Gasteiger partial charge in [0.05, 0.1) is 11.9 Å². The number of benzene rings is 1. The molecule has 0 saturated carbocycles. The maximum Gasteiger partial charge on any atom is 0.255 e. The lowest BCUT2D eigenvalue weighted by Crippen LogP contribution is -2.11. The van der Waals surface area contributed by atoms with Crippen molar-refractivity contribution in [2.45, 2.75) is 0 Å². The van der Waals surface area contributed by atoms with Crippen molar-refractivity contribution in [2.24, 2.45) is 0 Å². The molecule has 1 aromatic heterocycles. The molecule has 6 heteroatoms. The first-order valence-electron chi connectivity index (χ1n) is 4.93. The van der Waals surface area contributed by atoms with Crippen LogP contribution in [0.25, 0.3) is 0 Å². The molecule has 0 bridgehead atoms. The Labute approximate surface area is 119 Å². The van der Waals surface area contributed by atoms with E-state index in [-0.39, 0.29) is 5.91 Å². The van der Waals surface area contributed by atoms with E-state index in [9.17, 15) is 4.79 Å². The van der Waals surface area contributed by atoms with Gasteiger partial charge in [0.1, 0.15) is 5.15 Å². The summed E-state index contributed by atoms with van der Waals surface area (Å²) in [6.45, 7) is 0. The van der Waals surface area contributed by atoms with Gasteiger partial charge in [-0.3, -0.25) is 4.79 Å². The van der Waals surface area contributed by atoms with Crippen LogP contribution in [-0.4, -0.2) is 10.9 Å². The highest BCUT2D eigenvalue weighted by Crippen LogP contribution is 2.20. The molecule has 0 aliphatic heterocycles. The van der Waals surface area contributed by atoms with E-state index in [1.165, 1.54) is 18.3 Å². The Morgan fingerprint density at radius 1 is 1.06 bits per heavy atom. The third-order valence-corrected chi connectivity index (χ3v) is 2.77. The summed E-state index contributed by atoms with van der Waals surface area (Å²) in [6, 6.07) is 7.86. The number of anilines is 1. The lowest BCUT2D eigenvalue weighted by atomic mass is 10.2. The largest absolute Gasteiger partial charge is 0.321 e. The number of hydrogen-bond acceptors (Lipinski definition) is 2. The van der Waals surface area contributed by atoms with Crippen molar-refractivity contribution < 1.29 is 4.79 Å². The molecule has 0 saturated heterocycles. The maximum absolute atomic E-state index is 11.9. The normalized spacial score (nSPS) is 10.2. The smallest absolute Gasteiger partial charge is 0.255 e. The van der Waals surface area contributed by atoms with Crippen molar-refractivity contribution in [1.29, 1.82) is 0 Å². The number of nitrogens with zero attached hydrogens (tertiary/aromatic N) is 1. The van der Waals surface area contributed by atoms with Crippen LogP contribution in [0.1, 0.15) is 10.4 Å². The van der Waals surface area contributed by atoms with Crippen LogP contribution in [0.3, 0.4) is 0 Å². The summed E-state index contributed by atoms with van der Waals surface area (Å²) in [5, 5.41) is 3.83. The molecule has 0 aliphatic carbocycles. The second-order valence-electron chi connectivity index (χ2n) is 3.48. The first kappa shape index (κ1) is 13.1. The van der Waals surface area contributed by atoms with Crippen molar-refractivity contribution in [3.8, 4) is 0 Å². The van der Waals surface area contributed by atoms with Crippen LogP contribution in [-0.2, 0) is 0 Å². The predicted octanol–water partition coefficient (Wildman–Crippen LogP) is 4.29. The van der Waals surface area contributed by atoms with Gasteiger partial charge in [-0.1, -0.05) is 34.8 Å². The highest BCUT2D eigenvalue weighted by molar-refractivity contribution is 6.35. The Balaban J connectivity index is 2.19. The molecule has 18 heavy (non-hydrogen) atoms. The zero-order chi connectivity index (χ0) is 13.1. The Morgan fingerprint density at radius 2 is 1.72 bits per heavy atom. The summed E-state index contributed by atoms with van der Waals surface area (Å²) >= 11 is 17.3. The molecule has 0 atom stereocenters. The highest BCUT2D eigenvalue weighted by Gasteiger charge is 2.08. The number of hydrogen-bond donors (Lipinski definition) is 1. The first-order valence-corrected chi connectivity index (χ1v) is 6.07. The molecule has 1 aromatic carbocycles. The molecule has 2 aromatic rings. The number of carbonyl (C=O) groups excluding carboxylic acids is 1. The third-order valence-electron chi connectivity index (χ3n) is 2.11. The van der Waals surface area contributed by atoms with Gasteiger partial charge in [0, 0.05) is 15.6 Å². The lowest BCUT2D eigenvalue weighted by molar-refractivity contribution is 0.102. The molecule has 0 unspecified atom stereocenters. The second kappa shape index (κ2) is 5.57. The van der Waals surface area contributed by atoms with E-state index >= 15 is 0 Å². The summed E-state index contributed by atoms with van der Waals surface area (Å²) in [5.74, 6) is -0.316. The van der Waals surface area contributed by atoms with Crippen LogP contribution >= 0.6 is 34.8 Å². The molecular formula is C12H7Cl3N2O. The fraction of sp³-hybridized carbons (Fsp3) is 0. The third kappa shape index (κ3) is 3.35. The van der Waals surface area contributed by atoms with Gasteiger partial charge < -0.3 is 5.32 Å². The average Bonchev–Trinajstić information content (AvgIpc) is 2.31. The van der Waals surface area contributed by atoms with Crippen molar-refractivity contribution in [3.63, 3.8) is 0 Å². The standard InChI is InChI=1S/C12H7Cl3N2O/c13-8-3-7(4-9(14)5-8)12(18)17-10-1-2-11(15)16-6-10/h1-6H,(H,17,18). The molecular weight excluding hydrogens is 295 g/mol. The molecule has 0 aliphatic rings. The minimum Gasteiger partial charge on any atom is -0.321 e. The lowest BCUT2D eigenvalue weighted by Gasteiger charge is -2.05. The number of nitrogens with one attached hydrogen (secondary N) is 1. The minimum atomic E-state index is -0.316. The molecule has 3 nitrogen and oxygen atoms in total. The van der Waals surface area contributed by atoms with Crippen molar-refractivity contribution in [3.05, 3.63) is 57.3 Å². The number of carbonyl (C=O) groups is 1. The monoisotopic (exact) mass is 300 g/mol. The second-order valence-corrected chi connectivity index (χ2v) is 4.74. The topological polar surface area (TPSA) is 42.0 Å². The van der Waals surface area contributed by atoms with Gasteiger partial charge in [0.15, 0.2) is 0 Å². The van der Waals surface area contributed by atoms with E-state index in [2.05, 4.69) is 10.3 Å². The SMILES string of the molecule is O=C(Nc1ccc(Cl)nc1)c1cc(Cl)cc(Cl)c1. The summed E-state index contributed by atoms with van der Waals surface area (Å²) in [7, 11) is 0. The van der Waals surface area contributed by atoms with Gasteiger partial charge in [-0.25, -0.2) is 4.98 Å². The van der Waals surface area contributed by atoms with E-state index in [0.717, 1.165) is 0 Å². The number of halogens is 3.